The van der Waals surface area contributed by atoms with Crippen molar-refractivity contribution in [3.05, 3.63) is 12.2 Å². The van der Waals surface area contributed by atoms with Crippen molar-refractivity contribution >= 4 is 5.97 Å². The molecule has 1 atom stereocenters. The third-order valence-corrected chi connectivity index (χ3v) is 1.68. The van der Waals surface area contributed by atoms with E-state index in [4.69, 9.17) is 5.11 Å². The van der Waals surface area contributed by atoms with Crippen molar-refractivity contribution in [1.82, 2.24) is 0 Å². The Bertz CT molecular complexity index is 353. The van der Waals surface area contributed by atoms with Gasteiger partial charge in [-0.2, -0.15) is 35.1 Å². The third-order valence-electron chi connectivity index (χ3n) is 1.68. The van der Waals surface area contributed by atoms with Gasteiger partial charge in [0.1, 0.15) is 0 Å². The molecule has 0 aliphatic rings. The van der Waals surface area contributed by atoms with Gasteiger partial charge in [0.2, 0.25) is 0 Å². The quantitative estimate of drug-likeness (QED) is 0.640. The zero-order chi connectivity index (χ0) is 15.0. The maximum absolute atomic E-state index is 13.0. The summed E-state index contributed by atoms with van der Waals surface area (Å²) < 4.78 is 109. The van der Waals surface area contributed by atoms with Gasteiger partial charge < -0.3 is 5.11 Å². The molecule has 0 rings (SSSR count). The first kappa shape index (κ1) is 16.6. The fraction of sp³-hybridized carbons (Fsp3) is 0.571. The Hall–Kier alpha value is -1.42. The monoisotopic (exact) mass is 290 g/mol. The number of allylic oxidation sites excluding steroid dienone is 1. The Morgan fingerprint density at radius 2 is 1.22 bits per heavy atom. The summed E-state index contributed by atoms with van der Waals surface area (Å²) in [6, 6.07) is 0. The first-order valence-electron chi connectivity index (χ1n) is 3.79. The molecule has 0 amide bonds. The Balaban J connectivity index is 5.88. The largest absolute Gasteiger partial charge is 0.478 e. The molecule has 0 aromatic heterocycles. The average molecular weight is 290 g/mol. The lowest BCUT2D eigenvalue weighted by atomic mass is 9.95. The van der Waals surface area contributed by atoms with E-state index < -0.39 is 42.1 Å². The molecule has 0 fully saturated rings. The molecule has 1 unspecified atom stereocenters. The summed E-state index contributed by atoms with van der Waals surface area (Å²) in [6.45, 7) is 0. The number of carbonyl (C=O) groups is 1. The van der Waals surface area contributed by atoms with Crippen LogP contribution in [0.1, 0.15) is 0 Å². The molecular formula is C7H3F9O2. The van der Waals surface area contributed by atoms with E-state index in [-0.39, 0.29) is 0 Å². The standard InChI is InChI=1S/C7H3F9O2/c8-4(6(11,12)13,2-1-3(17)18)5(9,10)7(14,15)16/h1-2H,(H,17,18). The van der Waals surface area contributed by atoms with E-state index in [0.29, 0.717) is 0 Å². The minimum atomic E-state index is -6.85. The lowest BCUT2D eigenvalue weighted by Gasteiger charge is -2.33. The van der Waals surface area contributed by atoms with Crippen LogP contribution in [0.3, 0.4) is 0 Å². The highest BCUT2D eigenvalue weighted by atomic mass is 19.4. The van der Waals surface area contributed by atoms with Crippen LogP contribution in [0.15, 0.2) is 12.2 Å². The molecule has 1 N–H and O–H groups in total. The van der Waals surface area contributed by atoms with Crippen LogP contribution in [0, 0.1) is 0 Å². The van der Waals surface area contributed by atoms with Gasteiger partial charge in [-0.3, -0.25) is 0 Å². The molecule has 0 aromatic rings. The zero-order valence-electron chi connectivity index (χ0n) is 7.91. The van der Waals surface area contributed by atoms with Crippen LogP contribution in [-0.2, 0) is 4.79 Å². The summed E-state index contributed by atoms with van der Waals surface area (Å²) in [6.07, 6.45) is -15.7. The number of carboxylic acid groups (broad SMARTS) is 1. The maximum Gasteiger partial charge on any atom is 0.457 e. The van der Waals surface area contributed by atoms with Crippen LogP contribution in [0.25, 0.3) is 0 Å². The van der Waals surface area contributed by atoms with Gasteiger partial charge in [-0.05, 0) is 6.08 Å². The Labute approximate surface area is 92.7 Å². The van der Waals surface area contributed by atoms with Gasteiger partial charge in [0, 0.05) is 6.08 Å². The molecule has 2 nitrogen and oxygen atoms in total. The van der Waals surface area contributed by atoms with Gasteiger partial charge in [-0.1, -0.05) is 0 Å². The van der Waals surface area contributed by atoms with Gasteiger partial charge in [0.05, 0.1) is 0 Å². The van der Waals surface area contributed by atoms with Crippen molar-refractivity contribution in [3.63, 3.8) is 0 Å². The molecule has 106 valence electrons. The van der Waals surface area contributed by atoms with E-state index in [1.165, 1.54) is 0 Å². The second kappa shape index (κ2) is 4.35. The van der Waals surface area contributed by atoms with Crippen LogP contribution in [0.2, 0.25) is 0 Å². The minimum absolute atomic E-state index is 0.785. The molecule has 11 heteroatoms. The SMILES string of the molecule is O=C(O)C=CC(F)(C(F)(F)F)C(F)(F)C(F)(F)F. The van der Waals surface area contributed by atoms with Crippen LogP contribution in [-0.4, -0.2) is 35.0 Å². The highest BCUT2D eigenvalue weighted by Crippen LogP contribution is 2.53. The number of hydrogen-bond acceptors (Lipinski definition) is 1. The summed E-state index contributed by atoms with van der Waals surface area (Å²) in [5.74, 6) is -9.15. The zero-order valence-corrected chi connectivity index (χ0v) is 7.91. The Morgan fingerprint density at radius 3 is 1.44 bits per heavy atom. The van der Waals surface area contributed by atoms with Crippen molar-refractivity contribution < 1.29 is 49.4 Å². The smallest absolute Gasteiger partial charge is 0.457 e. The molecule has 0 aliphatic heterocycles. The summed E-state index contributed by atoms with van der Waals surface area (Å²) in [5.41, 5.74) is -6.17. The first-order chi connectivity index (χ1) is 7.67. The normalized spacial score (nSPS) is 17.8. The van der Waals surface area contributed by atoms with Crippen molar-refractivity contribution in [2.45, 2.75) is 23.9 Å². The summed E-state index contributed by atoms with van der Waals surface area (Å²) in [7, 11) is 0. The molecule has 0 bridgehead atoms. The Morgan fingerprint density at radius 1 is 0.833 bits per heavy atom. The van der Waals surface area contributed by atoms with Crippen molar-refractivity contribution in [1.29, 1.82) is 0 Å². The fourth-order valence-electron chi connectivity index (χ4n) is 0.770. The average Bonchev–Trinajstić information content (AvgIpc) is 2.09. The molecule has 0 spiro atoms. The van der Waals surface area contributed by atoms with Gasteiger partial charge in [0.15, 0.2) is 0 Å². The molecule has 0 heterocycles. The van der Waals surface area contributed by atoms with Crippen LogP contribution >= 0.6 is 0 Å². The summed E-state index contributed by atoms with van der Waals surface area (Å²) in [5, 5.41) is 7.86. The minimum Gasteiger partial charge on any atom is -0.478 e. The van der Waals surface area contributed by atoms with Crippen molar-refractivity contribution in [3.8, 4) is 0 Å². The predicted octanol–water partition coefficient (Wildman–Crippen LogP) is 3.10. The van der Waals surface area contributed by atoms with Crippen LogP contribution < -0.4 is 0 Å². The van der Waals surface area contributed by atoms with Gasteiger partial charge in [0.25, 0.3) is 5.67 Å². The third kappa shape index (κ3) is 2.70. The molecule has 0 saturated heterocycles. The topological polar surface area (TPSA) is 37.3 Å². The van der Waals surface area contributed by atoms with E-state index in [9.17, 15) is 44.3 Å². The molecule has 0 saturated carbocycles. The highest BCUT2D eigenvalue weighted by molar-refractivity contribution is 5.80. The molecular weight excluding hydrogens is 287 g/mol. The Kier molecular flexibility index (Phi) is 4.01. The van der Waals surface area contributed by atoms with Crippen LogP contribution in [0.4, 0.5) is 39.5 Å². The molecule has 0 radical (unpaired) electrons. The van der Waals surface area contributed by atoms with Crippen molar-refractivity contribution in [2.75, 3.05) is 0 Å². The summed E-state index contributed by atoms with van der Waals surface area (Å²) >= 11 is 0. The molecule has 0 aromatic carbocycles. The molecule has 0 aliphatic carbocycles. The van der Waals surface area contributed by atoms with E-state index >= 15 is 0 Å². The van der Waals surface area contributed by atoms with Crippen molar-refractivity contribution in [2.24, 2.45) is 0 Å². The number of hydrogen-bond donors (Lipinski definition) is 1. The number of alkyl halides is 9. The van der Waals surface area contributed by atoms with E-state index in [1.807, 2.05) is 0 Å². The fourth-order valence-corrected chi connectivity index (χ4v) is 0.770. The number of aliphatic carboxylic acids is 1. The van der Waals surface area contributed by atoms with E-state index in [0.717, 1.165) is 0 Å². The maximum atomic E-state index is 13.0. The second-order valence-corrected chi connectivity index (χ2v) is 2.95. The van der Waals surface area contributed by atoms with E-state index in [2.05, 4.69) is 0 Å². The van der Waals surface area contributed by atoms with E-state index in [1.54, 1.807) is 0 Å². The second-order valence-electron chi connectivity index (χ2n) is 2.95. The lowest BCUT2D eigenvalue weighted by molar-refractivity contribution is -0.369. The molecule has 18 heavy (non-hydrogen) atoms. The predicted molar refractivity (Wildman–Crippen MR) is 37.7 cm³/mol. The lowest BCUT2D eigenvalue weighted by Crippen LogP contribution is -2.61. The number of carboxylic acids is 1. The highest BCUT2D eigenvalue weighted by Gasteiger charge is 2.80. The number of rotatable bonds is 3. The first-order valence-corrected chi connectivity index (χ1v) is 3.79. The van der Waals surface area contributed by atoms with Gasteiger partial charge >= 0.3 is 24.2 Å². The summed E-state index contributed by atoms with van der Waals surface area (Å²) in [4.78, 5) is 9.80. The van der Waals surface area contributed by atoms with Gasteiger partial charge in [-0.25, -0.2) is 9.18 Å². The van der Waals surface area contributed by atoms with Gasteiger partial charge in [-0.15, -0.1) is 0 Å². The van der Waals surface area contributed by atoms with Crippen LogP contribution in [0.5, 0.6) is 0 Å². The number of halogens is 9.